The molecule has 0 aliphatic carbocycles. The monoisotopic (exact) mass is 218 g/mol. The van der Waals surface area contributed by atoms with Gasteiger partial charge in [-0.3, -0.25) is 0 Å². The van der Waals surface area contributed by atoms with E-state index in [-0.39, 0.29) is 0 Å². The van der Waals surface area contributed by atoms with E-state index < -0.39 is 0 Å². The van der Waals surface area contributed by atoms with Crippen molar-refractivity contribution in [1.82, 2.24) is 0 Å². The van der Waals surface area contributed by atoms with Crippen molar-refractivity contribution in [3.63, 3.8) is 0 Å². The zero-order valence-corrected chi connectivity index (χ0v) is 11.7. The van der Waals surface area contributed by atoms with E-state index in [0.717, 1.165) is 5.92 Å². The number of benzene rings is 1. The van der Waals surface area contributed by atoms with Crippen molar-refractivity contribution in [2.45, 2.75) is 59.8 Å². The quantitative estimate of drug-likeness (QED) is 0.657. The second-order valence-corrected chi connectivity index (χ2v) is 5.82. The smallest absolute Gasteiger partial charge is 0.0216 e. The molecule has 0 radical (unpaired) electrons. The molecule has 0 heterocycles. The second kappa shape index (κ2) is 5.52. The Hall–Kier alpha value is -0.780. The van der Waals surface area contributed by atoms with Crippen molar-refractivity contribution < 1.29 is 0 Å². The van der Waals surface area contributed by atoms with Crippen molar-refractivity contribution in [3.05, 3.63) is 34.9 Å². The zero-order valence-electron chi connectivity index (χ0n) is 11.7. The van der Waals surface area contributed by atoms with Gasteiger partial charge < -0.3 is 0 Å². The SMILES string of the molecule is CC(C)Cc1c(C(C)C)cccc1C(C)C. The number of hydrogen-bond acceptors (Lipinski definition) is 0. The molecule has 0 spiro atoms. The summed E-state index contributed by atoms with van der Waals surface area (Å²) in [7, 11) is 0. The summed E-state index contributed by atoms with van der Waals surface area (Å²) >= 11 is 0. The largest absolute Gasteiger partial charge is 0.0625 e. The first-order chi connectivity index (χ1) is 7.43. The lowest BCUT2D eigenvalue weighted by molar-refractivity contribution is 0.628. The average Bonchev–Trinajstić information content (AvgIpc) is 2.16. The minimum absolute atomic E-state index is 0.632. The summed E-state index contributed by atoms with van der Waals surface area (Å²) in [5, 5.41) is 0. The summed E-state index contributed by atoms with van der Waals surface area (Å²) in [6, 6.07) is 6.82. The van der Waals surface area contributed by atoms with E-state index in [2.05, 4.69) is 59.7 Å². The van der Waals surface area contributed by atoms with Gasteiger partial charge in [0.1, 0.15) is 0 Å². The maximum Gasteiger partial charge on any atom is -0.0216 e. The molecule has 1 aromatic rings. The van der Waals surface area contributed by atoms with Gasteiger partial charge in [0.15, 0.2) is 0 Å². The molecule has 0 aromatic heterocycles. The van der Waals surface area contributed by atoms with Crippen LogP contribution in [-0.4, -0.2) is 0 Å². The molecule has 0 saturated carbocycles. The third-order valence-corrected chi connectivity index (χ3v) is 3.10. The van der Waals surface area contributed by atoms with Gasteiger partial charge in [0.05, 0.1) is 0 Å². The second-order valence-electron chi connectivity index (χ2n) is 5.82. The lowest BCUT2D eigenvalue weighted by Gasteiger charge is -2.20. The van der Waals surface area contributed by atoms with Crippen LogP contribution < -0.4 is 0 Å². The molecule has 0 aliphatic heterocycles. The van der Waals surface area contributed by atoms with Crippen LogP contribution in [0.15, 0.2) is 18.2 Å². The Kier molecular flexibility index (Phi) is 4.58. The highest BCUT2D eigenvalue weighted by molar-refractivity contribution is 5.39. The highest BCUT2D eigenvalue weighted by atomic mass is 14.2. The van der Waals surface area contributed by atoms with Crippen molar-refractivity contribution in [3.8, 4) is 0 Å². The molecule has 16 heavy (non-hydrogen) atoms. The zero-order chi connectivity index (χ0) is 12.3. The summed E-state index contributed by atoms with van der Waals surface area (Å²) in [4.78, 5) is 0. The molecule has 1 aromatic carbocycles. The number of rotatable bonds is 4. The highest BCUT2D eigenvalue weighted by Crippen LogP contribution is 2.29. The highest BCUT2D eigenvalue weighted by Gasteiger charge is 2.14. The molecule has 0 nitrogen and oxygen atoms in total. The summed E-state index contributed by atoms with van der Waals surface area (Å²) in [6.45, 7) is 13.8. The molecule has 1 rings (SSSR count). The van der Waals surface area contributed by atoms with Gasteiger partial charge in [0, 0.05) is 0 Å². The van der Waals surface area contributed by atoms with Gasteiger partial charge in [-0.25, -0.2) is 0 Å². The third-order valence-electron chi connectivity index (χ3n) is 3.10. The van der Waals surface area contributed by atoms with Crippen molar-refractivity contribution >= 4 is 0 Å². The van der Waals surface area contributed by atoms with E-state index in [1.54, 1.807) is 16.7 Å². The van der Waals surface area contributed by atoms with Gasteiger partial charge in [-0.05, 0) is 40.9 Å². The van der Waals surface area contributed by atoms with Crippen LogP contribution in [0.3, 0.4) is 0 Å². The van der Waals surface area contributed by atoms with Crippen molar-refractivity contribution in [1.29, 1.82) is 0 Å². The minimum Gasteiger partial charge on any atom is -0.0625 e. The molecular weight excluding hydrogens is 192 g/mol. The topological polar surface area (TPSA) is 0 Å². The molecule has 0 bridgehead atoms. The predicted molar refractivity (Wildman–Crippen MR) is 73.2 cm³/mol. The van der Waals surface area contributed by atoms with E-state index in [1.165, 1.54) is 6.42 Å². The average molecular weight is 218 g/mol. The van der Waals surface area contributed by atoms with E-state index in [0.29, 0.717) is 11.8 Å². The first-order valence-electron chi connectivity index (χ1n) is 6.55. The van der Waals surface area contributed by atoms with Crippen LogP contribution >= 0.6 is 0 Å². The Balaban J connectivity index is 3.23. The standard InChI is InChI=1S/C16H26/c1-11(2)10-16-14(12(3)4)8-7-9-15(16)13(5)6/h7-9,11-13H,10H2,1-6H3. The molecule has 0 atom stereocenters. The first kappa shape index (κ1) is 13.3. The Morgan fingerprint density at radius 1 is 0.812 bits per heavy atom. The molecular formula is C16H26. The van der Waals surface area contributed by atoms with Gasteiger partial charge in [-0.2, -0.15) is 0 Å². The van der Waals surface area contributed by atoms with E-state index in [4.69, 9.17) is 0 Å². The van der Waals surface area contributed by atoms with Crippen LogP contribution in [0.1, 0.15) is 70.1 Å². The van der Waals surface area contributed by atoms with Crippen LogP contribution in [0.4, 0.5) is 0 Å². The maximum atomic E-state index is 2.31. The summed E-state index contributed by atoms with van der Waals surface area (Å²) in [5.74, 6) is 2.00. The lowest BCUT2D eigenvalue weighted by Crippen LogP contribution is -2.06. The fraction of sp³-hybridized carbons (Fsp3) is 0.625. The lowest BCUT2D eigenvalue weighted by atomic mass is 9.85. The third kappa shape index (κ3) is 3.10. The number of hydrogen-bond donors (Lipinski definition) is 0. The fourth-order valence-electron chi connectivity index (χ4n) is 2.35. The predicted octanol–water partition coefficient (Wildman–Crippen LogP) is 5.13. The summed E-state index contributed by atoms with van der Waals surface area (Å²) in [5.41, 5.74) is 4.68. The Morgan fingerprint density at radius 2 is 1.25 bits per heavy atom. The van der Waals surface area contributed by atoms with Crippen LogP contribution in [0, 0.1) is 5.92 Å². The Bertz CT molecular complexity index is 306. The minimum atomic E-state index is 0.632. The maximum absolute atomic E-state index is 2.31. The van der Waals surface area contributed by atoms with Crippen LogP contribution in [0.25, 0.3) is 0 Å². The van der Waals surface area contributed by atoms with Crippen LogP contribution in [0.5, 0.6) is 0 Å². The molecule has 90 valence electrons. The summed E-state index contributed by atoms with van der Waals surface area (Å²) in [6.07, 6.45) is 1.21. The van der Waals surface area contributed by atoms with Crippen molar-refractivity contribution in [2.24, 2.45) is 5.92 Å². The molecule has 0 unspecified atom stereocenters. The van der Waals surface area contributed by atoms with Gasteiger partial charge >= 0.3 is 0 Å². The Labute approximate surface area is 101 Å². The fourth-order valence-corrected chi connectivity index (χ4v) is 2.35. The Morgan fingerprint density at radius 3 is 1.56 bits per heavy atom. The molecule has 0 amide bonds. The molecule has 0 aliphatic rings. The van der Waals surface area contributed by atoms with Gasteiger partial charge in [0.25, 0.3) is 0 Å². The normalized spacial score (nSPS) is 11.8. The van der Waals surface area contributed by atoms with E-state index in [1.807, 2.05) is 0 Å². The van der Waals surface area contributed by atoms with Gasteiger partial charge in [0.2, 0.25) is 0 Å². The summed E-state index contributed by atoms with van der Waals surface area (Å²) < 4.78 is 0. The first-order valence-corrected chi connectivity index (χ1v) is 6.55. The van der Waals surface area contributed by atoms with Gasteiger partial charge in [-0.15, -0.1) is 0 Å². The van der Waals surface area contributed by atoms with E-state index >= 15 is 0 Å². The van der Waals surface area contributed by atoms with Crippen LogP contribution in [0.2, 0.25) is 0 Å². The van der Waals surface area contributed by atoms with Crippen LogP contribution in [-0.2, 0) is 6.42 Å². The molecule has 0 saturated heterocycles. The molecule has 0 heteroatoms. The molecule has 0 fully saturated rings. The van der Waals surface area contributed by atoms with Crippen molar-refractivity contribution in [2.75, 3.05) is 0 Å². The molecule has 0 N–H and O–H groups in total. The van der Waals surface area contributed by atoms with Gasteiger partial charge in [-0.1, -0.05) is 59.7 Å². The van der Waals surface area contributed by atoms with E-state index in [9.17, 15) is 0 Å².